The van der Waals surface area contributed by atoms with E-state index in [-0.39, 0.29) is 43.0 Å². The molecule has 3 rings (SSSR count). The second-order valence-electron chi connectivity index (χ2n) is 9.48. The quantitative estimate of drug-likeness (QED) is 0.613. The monoisotopic (exact) mass is 475 g/mol. The first kappa shape index (κ1) is 25.0. The maximum atomic E-state index is 13.5. The molecule has 0 bridgehead atoms. The van der Waals surface area contributed by atoms with Gasteiger partial charge in [-0.25, -0.2) is 9.18 Å². The van der Waals surface area contributed by atoms with E-state index in [2.05, 4.69) is 5.32 Å². The molecule has 6 nitrogen and oxygen atoms in total. The highest BCUT2D eigenvalue weighted by Crippen LogP contribution is 2.34. The molecule has 1 aromatic carbocycles. The Morgan fingerprint density at radius 1 is 1.27 bits per heavy atom. The lowest BCUT2D eigenvalue weighted by atomic mass is 10.00. The van der Waals surface area contributed by atoms with Crippen molar-refractivity contribution in [1.82, 2.24) is 15.1 Å². The molecule has 2 atom stereocenters. The van der Waals surface area contributed by atoms with Gasteiger partial charge in [-0.3, -0.25) is 4.79 Å². The summed E-state index contributed by atoms with van der Waals surface area (Å²) in [6.45, 7) is 10.6. The highest BCUT2D eigenvalue weighted by Gasteiger charge is 2.34. The van der Waals surface area contributed by atoms with Crippen molar-refractivity contribution in [3.8, 4) is 5.75 Å². The van der Waals surface area contributed by atoms with Gasteiger partial charge >= 0.3 is 6.03 Å². The fourth-order valence-electron chi connectivity index (χ4n) is 3.86. The van der Waals surface area contributed by atoms with Crippen LogP contribution in [-0.4, -0.2) is 53.0 Å². The van der Waals surface area contributed by atoms with Gasteiger partial charge in [-0.15, -0.1) is 11.3 Å². The molecule has 0 saturated carbocycles. The van der Waals surface area contributed by atoms with Crippen molar-refractivity contribution in [1.29, 1.82) is 0 Å². The number of hydrogen-bond acceptors (Lipinski definition) is 4. The molecule has 2 unspecified atom stereocenters. The fraction of sp³-hybridized carbons (Fsp3) is 0.520. The zero-order valence-electron chi connectivity index (χ0n) is 20.1. The second-order valence-corrected chi connectivity index (χ2v) is 10.5. The first-order valence-corrected chi connectivity index (χ1v) is 12.3. The molecule has 0 spiro atoms. The molecule has 1 N–H and O–H groups in total. The van der Waals surface area contributed by atoms with Crippen LogP contribution in [0.5, 0.6) is 5.75 Å². The van der Waals surface area contributed by atoms with Crippen molar-refractivity contribution in [3.63, 3.8) is 0 Å². The molecule has 0 fully saturated rings. The van der Waals surface area contributed by atoms with E-state index in [0.717, 1.165) is 18.4 Å². The standard InChI is InChI=1S/C25H34FN3O3S/c1-6-17(2)29(24(31)27-25(3,4)5)15-23(30)28-13-11-22-20(12-14-33-22)21(28)16-32-19-9-7-18(26)8-10-19/h7-10,12,14,17,21H,6,11,13,15-16H2,1-5H3,(H,27,31). The Kier molecular flexibility index (Phi) is 8.00. The summed E-state index contributed by atoms with van der Waals surface area (Å²) >= 11 is 1.68. The van der Waals surface area contributed by atoms with Gasteiger partial charge in [-0.05, 0) is 81.8 Å². The van der Waals surface area contributed by atoms with Gasteiger partial charge in [-0.1, -0.05) is 6.92 Å². The van der Waals surface area contributed by atoms with Gasteiger partial charge in [0.05, 0.1) is 6.04 Å². The maximum absolute atomic E-state index is 13.5. The van der Waals surface area contributed by atoms with Crippen LogP contribution in [0, 0.1) is 5.82 Å². The molecule has 0 aliphatic carbocycles. The van der Waals surface area contributed by atoms with E-state index in [0.29, 0.717) is 12.3 Å². The van der Waals surface area contributed by atoms with Crippen LogP contribution in [0.2, 0.25) is 0 Å². The molecular formula is C25H34FN3O3S. The SMILES string of the molecule is CCC(C)N(CC(=O)N1CCc2sccc2C1COc1ccc(F)cc1)C(=O)NC(C)(C)C. The Hall–Kier alpha value is -2.61. The van der Waals surface area contributed by atoms with E-state index in [1.54, 1.807) is 28.4 Å². The van der Waals surface area contributed by atoms with Crippen molar-refractivity contribution in [2.75, 3.05) is 19.7 Å². The highest BCUT2D eigenvalue weighted by molar-refractivity contribution is 7.10. The smallest absolute Gasteiger partial charge is 0.318 e. The minimum atomic E-state index is -0.395. The van der Waals surface area contributed by atoms with Crippen molar-refractivity contribution in [3.05, 3.63) is 52.0 Å². The minimum absolute atomic E-state index is 0.00341. The lowest BCUT2D eigenvalue weighted by Crippen LogP contribution is -2.55. The highest BCUT2D eigenvalue weighted by atomic mass is 32.1. The predicted molar refractivity (Wildman–Crippen MR) is 129 cm³/mol. The summed E-state index contributed by atoms with van der Waals surface area (Å²) in [4.78, 5) is 31.1. The Morgan fingerprint density at radius 2 is 1.97 bits per heavy atom. The fourth-order valence-corrected chi connectivity index (χ4v) is 4.79. The van der Waals surface area contributed by atoms with Gasteiger partial charge < -0.3 is 19.9 Å². The first-order chi connectivity index (χ1) is 15.6. The number of amides is 3. The number of carbonyl (C=O) groups excluding carboxylic acids is 2. The van der Waals surface area contributed by atoms with Gasteiger partial charge in [0.15, 0.2) is 0 Å². The summed E-state index contributed by atoms with van der Waals surface area (Å²) < 4.78 is 19.2. The third kappa shape index (κ3) is 6.47. The van der Waals surface area contributed by atoms with E-state index in [9.17, 15) is 14.0 Å². The average molecular weight is 476 g/mol. The number of fused-ring (bicyclic) bond motifs is 1. The molecule has 3 amide bonds. The summed E-state index contributed by atoms with van der Waals surface area (Å²) in [5.74, 6) is 0.122. The molecule has 1 aliphatic rings. The molecule has 0 radical (unpaired) electrons. The molecule has 180 valence electrons. The van der Waals surface area contributed by atoms with Crippen LogP contribution in [0.1, 0.15) is 57.5 Å². The van der Waals surface area contributed by atoms with Crippen LogP contribution in [0.15, 0.2) is 35.7 Å². The van der Waals surface area contributed by atoms with E-state index >= 15 is 0 Å². The Labute approximate surface area is 199 Å². The second kappa shape index (κ2) is 10.5. The third-order valence-corrected chi connectivity index (χ3v) is 6.80. The van der Waals surface area contributed by atoms with Gasteiger partial charge in [0.2, 0.25) is 5.91 Å². The van der Waals surface area contributed by atoms with Crippen LogP contribution in [0.25, 0.3) is 0 Å². The minimum Gasteiger partial charge on any atom is -0.491 e. The number of urea groups is 1. The Bertz CT molecular complexity index is 955. The summed E-state index contributed by atoms with van der Waals surface area (Å²) in [5.41, 5.74) is 0.685. The van der Waals surface area contributed by atoms with E-state index < -0.39 is 5.54 Å². The van der Waals surface area contributed by atoms with E-state index in [1.807, 2.05) is 51.0 Å². The van der Waals surface area contributed by atoms with Gasteiger partial charge in [0.1, 0.15) is 24.7 Å². The summed E-state index contributed by atoms with van der Waals surface area (Å²) in [5, 5.41) is 5.01. The van der Waals surface area contributed by atoms with Crippen LogP contribution in [0.4, 0.5) is 9.18 Å². The topological polar surface area (TPSA) is 61.9 Å². The van der Waals surface area contributed by atoms with Crippen LogP contribution >= 0.6 is 11.3 Å². The molecule has 8 heteroatoms. The van der Waals surface area contributed by atoms with Crippen LogP contribution < -0.4 is 10.1 Å². The number of halogens is 1. The summed E-state index contributed by atoms with van der Waals surface area (Å²) in [7, 11) is 0. The predicted octanol–water partition coefficient (Wildman–Crippen LogP) is 5.00. The largest absolute Gasteiger partial charge is 0.491 e. The number of ether oxygens (including phenoxy) is 1. The Balaban J connectivity index is 1.78. The molecule has 1 aliphatic heterocycles. The van der Waals surface area contributed by atoms with E-state index in [1.165, 1.54) is 17.0 Å². The Morgan fingerprint density at radius 3 is 2.61 bits per heavy atom. The number of rotatable bonds is 7. The lowest BCUT2D eigenvalue weighted by molar-refractivity contribution is -0.136. The van der Waals surface area contributed by atoms with Gasteiger partial charge in [0, 0.05) is 23.0 Å². The van der Waals surface area contributed by atoms with Crippen molar-refractivity contribution in [2.45, 2.75) is 65.1 Å². The molecule has 0 saturated heterocycles. The van der Waals surface area contributed by atoms with Crippen LogP contribution in [-0.2, 0) is 11.2 Å². The lowest BCUT2D eigenvalue weighted by Gasteiger charge is -2.38. The molecule has 2 aromatic rings. The molecule has 33 heavy (non-hydrogen) atoms. The molecule has 1 aromatic heterocycles. The average Bonchev–Trinajstić information content (AvgIpc) is 3.24. The van der Waals surface area contributed by atoms with Crippen LogP contribution in [0.3, 0.4) is 0 Å². The van der Waals surface area contributed by atoms with Crippen molar-refractivity contribution in [2.24, 2.45) is 0 Å². The number of benzene rings is 1. The zero-order valence-corrected chi connectivity index (χ0v) is 20.9. The zero-order chi connectivity index (χ0) is 24.2. The van der Waals surface area contributed by atoms with Gasteiger partial charge in [0.25, 0.3) is 0 Å². The number of nitrogens with one attached hydrogen (secondary N) is 1. The normalized spacial score (nSPS) is 16.7. The van der Waals surface area contributed by atoms with Gasteiger partial charge in [-0.2, -0.15) is 0 Å². The molecule has 2 heterocycles. The summed E-state index contributed by atoms with van der Waals surface area (Å²) in [6.07, 6.45) is 1.53. The number of thiophene rings is 1. The van der Waals surface area contributed by atoms with Crippen molar-refractivity contribution < 1.29 is 18.7 Å². The maximum Gasteiger partial charge on any atom is 0.318 e. The number of hydrogen-bond donors (Lipinski definition) is 1. The number of carbonyl (C=O) groups is 2. The third-order valence-electron chi connectivity index (χ3n) is 5.81. The van der Waals surface area contributed by atoms with E-state index in [4.69, 9.17) is 4.74 Å². The molecular weight excluding hydrogens is 441 g/mol. The number of nitrogens with zero attached hydrogens (tertiary/aromatic N) is 2. The van der Waals surface area contributed by atoms with Crippen molar-refractivity contribution >= 4 is 23.3 Å². The summed E-state index contributed by atoms with van der Waals surface area (Å²) in [6, 6.07) is 7.34. The first-order valence-electron chi connectivity index (χ1n) is 11.4.